The molecule has 0 unspecified atom stereocenters. The average molecular weight is 306 g/mol. The van der Waals surface area contributed by atoms with Crippen LogP contribution in [0.2, 0.25) is 5.02 Å². The average Bonchev–Trinajstić information content (AvgIpc) is 2.48. The number of ether oxygens (including phenoxy) is 1. The van der Waals surface area contributed by atoms with Crippen LogP contribution in [0.4, 0.5) is 11.5 Å². The molecule has 1 heterocycles. The normalized spacial score (nSPS) is 10.0. The van der Waals surface area contributed by atoms with Crippen molar-refractivity contribution in [2.24, 2.45) is 0 Å². The summed E-state index contributed by atoms with van der Waals surface area (Å²) in [6, 6.07) is 7.47. The number of hydrogen-bond donors (Lipinski definition) is 2. The number of rotatable bonds is 3. The lowest BCUT2D eigenvalue weighted by molar-refractivity contribution is 0.0600. The summed E-state index contributed by atoms with van der Waals surface area (Å²) in [5.41, 5.74) is 6.46. The van der Waals surface area contributed by atoms with E-state index in [2.05, 4.69) is 15.0 Å². The summed E-state index contributed by atoms with van der Waals surface area (Å²) >= 11 is 5.71. The molecular formula is C14H12ClN3O3. The van der Waals surface area contributed by atoms with Crippen molar-refractivity contribution in [2.75, 3.05) is 18.2 Å². The van der Waals surface area contributed by atoms with Crippen molar-refractivity contribution in [2.45, 2.75) is 0 Å². The predicted molar refractivity (Wildman–Crippen MR) is 79.4 cm³/mol. The zero-order valence-corrected chi connectivity index (χ0v) is 11.8. The molecule has 0 aliphatic rings. The molecular weight excluding hydrogens is 294 g/mol. The van der Waals surface area contributed by atoms with Crippen molar-refractivity contribution in [3.63, 3.8) is 0 Å². The summed E-state index contributed by atoms with van der Waals surface area (Å²) in [6.45, 7) is 0. The number of benzene rings is 1. The second kappa shape index (κ2) is 6.23. The molecule has 2 aromatic rings. The Morgan fingerprint density at radius 3 is 2.62 bits per heavy atom. The minimum atomic E-state index is -0.520. The maximum absolute atomic E-state index is 12.1. The molecule has 7 heteroatoms. The standard InChI is InChI=1S/C14H12ClN3O3/c1-21-14(20)8-2-4-10(11(16)6-8)13(19)18-12-5-3-9(15)7-17-12/h2-7H,16H2,1H3,(H,17,18,19). The first-order chi connectivity index (χ1) is 10.0. The number of nitrogen functional groups attached to an aromatic ring is 1. The fourth-order valence-electron chi connectivity index (χ4n) is 1.65. The topological polar surface area (TPSA) is 94.3 Å². The zero-order valence-electron chi connectivity index (χ0n) is 11.1. The maximum atomic E-state index is 12.1. The van der Waals surface area contributed by atoms with Crippen LogP contribution in [0.25, 0.3) is 0 Å². The number of nitrogens with one attached hydrogen (secondary N) is 1. The van der Waals surface area contributed by atoms with E-state index >= 15 is 0 Å². The Labute approximate surface area is 125 Å². The van der Waals surface area contributed by atoms with Crippen molar-refractivity contribution in [1.29, 1.82) is 0 Å². The first kappa shape index (κ1) is 14.8. The summed E-state index contributed by atoms with van der Waals surface area (Å²) in [7, 11) is 1.27. The van der Waals surface area contributed by atoms with Crippen LogP contribution in [-0.4, -0.2) is 24.0 Å². The third-order valence-electron chi connectivity index (χ3n) is 2.69. The molecule has 6 nitrogen and oxygen atoms in total. The van der Waals surface area contributed by atoms with Gasteiger partial charge in [0.2, 0.25) is 0 Å². The van der Waals surface area contributed by atoms with E-state index in [1.807, 2.05) is 0 Å². The minimum Gasteiger partial charge on any atom is -0.465 e. The van der Waals surface area contributed by atoms with Gasteiger partial charge in [-0.05, 0) is 30.3 Å². The van der Waals surface area contributed by atoms with Gasteiger partial charge in [0.25, 0.3) is 5.91 Å². The lowest BCUT2D eigenvalue weighted by Crippen LogP contribution is -2.15. The monoisotopic (exact) mass is 305 g/mol. The number of nitrogens with two attached hydrogens (primary N) is 1. The molecule has 0 bridgehead atoms. The molecule has 0 radical (unpaired) electrons. The number of amides is 1. The molecule has 0 aliphatic heterocycles. The lowest BCUT2D eigenvalue weighted by Gasteiger charge is -2.08. The van der Waals surface area contributed by atoms with Gasteiger partial charge in [-0.15, -0.1) is 0 Å². The molecule has 21 heavy (non-hydrogen) atoms. The number of methoxy groups -OCH3 is 1. The summed E-state index contributed by atoms with van der Waals surface area (Å²) in [5.74, 6) is -0.604. The number of esters is 1. The van der Waals surface area contributed by atoms with Gasteiger partial charge >= 0.3 is 5.97 Å². The predicted octanol–water partition coefficient (Wildman–Crippen LogP) is 2.36. The molecule has 108 valence electrons. The molecule has 0 atom stereocenters. The van der Waals surface area contributed by atoms with Crippen molar-refractivity contribution in [3.8, 4) is 0 Å². The quantitative estimate of drug-likeness (QED) is 0.670. The Bertz CT molecular complexity index is 686. The van der Waals surface area contributed by atoms with E-state index in [4.69, 9.17) is 17.3 Å². The van der Waals surface area contributed by atoms with Crippen molar-refractivity contribution >= 4 is 35.0 Å². The Hall–Kier alpha value is -2.60. The fourth-order valence-corrected chi connectivity index (χ4v) is 1.76. The molecule has 1 amide bonds. The minimum absolute atomic E-state index is 0.171. The van der Waals surface area contributed by atoms with E-state index in [-0.39, 0.29) is 16.8 Å². The van der Waals surface area contributed by atoms with Crippen LogP contribution in [0.15, 0.2) is 36.5 Å². The summed E-state index contributed by atoms with van der Waals surface area (Å²) < 4.78 is 4.58. The van der Waals surface area contributed by atoms with Crippen LogP contribution in [0.3, 0.4) is 0 Å². The van der Waals surface area contributed by atoms with Crippen LogP contribution in [0.5, 0.6) is 0 Å². The van der Waals surface area contributed by atoms with Gasteiger partial charge in [0.1, 0.15) is 5.82 Å². The summed E-state index contributed by atoms with van der Waals surface area (Å²) in [5, 5.41) is 3.05. The highest BCUT2D eigenvalue weighted by atomic mass is 35.5. The number of anilines is 2. The Balaban J connectivity index is 2.19. The van der Waals surface area contributed by atoms with Crippen LogP contribution in [0, 0.1) is 0 Å². The Morgan fingerprint density at radius 2 is 2.05 bits per heavy atom. The number of hydrogen-bond acceptors (Lipinski definition) is 5. The number of halogens is 1. The number of carbonyl (C=O) groups excluding carboxylic acids is 2. The number of nitrogens with zero attached hydrogens (tertiary/aromatic N) is 1. The first-order valence-corrected chi connectivity index (χ1v) is 6.30. The van der Waals surface area contributed by atoms with Gasteiger partial charge in [0.05, 0.1) is 23.3 Å². The van der Waals surface area contributed by atoms with E-state index in [9.17, 15) is 9.59 Å². The highest BCUT2D eigenvalue weighted by Gasteiger charge is 2.13. The van der Waals surface area contributed by atoms with Crippen LogP contribution >= 0.6 is 11.6 Å². The number of aromatic nitrogens is 1. The second-order valence-corrected chi connectivity index (χ2v) is 4.55. The van der Waals surface area contributed by atoms with Crippen molar-refractivity contribution < 1.29 is 14.3 Å². The molecule has 0 aliphatic carbocycles. The lowest BCUT2D eigenvalue weighted by atomic mass is 10.1. The summed E-state index contributed by atoms with van der Waals surface area (Å²) in [6.07, 6.45) is 1.42. The van der Waals surface area contributed by atoms with Gasteiger partial charge in [-0.1, -0.05) is 11.6 Å². The molecule has 2 rings (SSSR count). The van der Waals surface area contributed by atoms with E-state index in [1.165, 1.54) is 31.5 Å². The van der Waals surface area contributed by atoms with Crippen LogP contribution in [0.1, 0.15) is 20.7 Å². The second-order valence-electron chi connectivity index (χ2n) is 4.11. The van der Waals surface area contributed by atoms with Crippen LogP contribution < -0.4 is 11.1 Å². The number of carbonyl (C=O) groups is 2. The largest absolute Gasteiger partial charge is 0.465 e. The maximum Gasteiger partial charge on any atom is 0.337 e. The van der Waals surface area contributed by atoms with E-state index in [0.717, 1.165) is 0 Å². The molecule has 3 N–H and O–H groups in total. The Morgan fingerprint density at radius 1 is 1.29 bits per heavy atom. The van der Waals surface area contributed by atoms with Crippen molar-refractivity contribution in [3.05, 3.63) is 52.7 Å². The van der Waals surface area contributed by atoms with Gasteiger partial charge in [-0.3, -0.25) is 4.79 Å². The zero-order chi connectivity index (χ0) is 15.4. The van der Waals surface area contributed by atoms with Gasteiger partial charge in [0.15, 0.2) is 0 Å². The number of pyridine rings is 1. The molecule has 0 saturated heterocycles. The third-order valence-corrected chi connectivity index (χ3v) is 2.91. The summed E-state index contributed by atoms with van der Waals surface area (Å²) in [4.78, 5) is 27.4. The van der Waals surface area contributed by atoms with E-state index in [1.54, 1.807) is 12.1 Å². The fraction of sp³-hybridized carbons (Fsp3) is 0.0714. The van der Waals surface area contributed by atoms with Crippen molar-refractivity contribution in [1.82, 2.24) is 4.98 Å². The SMILES string of the molecule is COC(=O)c1ccc(C(=O)Nc2ccc(Cl)cn2)c(N)c1. The molecule has 1 aromatic carbocycles. The highest BCUT2D eigenvalue weighted by molar-refractivity contribution is 6.30. The van der Waals surface area contributed by atoms with Crippen LogP contribution in [-0.2, 0) is 4.74 Å². The Kier molecular flexibility index (Phi) is 4.39. The molecule has 0 saturated carbocycles. The highest BCUT2D eigenvalue weighted by Crippen LogP contribution is 2.17. The van der Waals surface area contributed by atoms with E-state index < -0.39 is 11.9 Å². The smallest absolute Gasteiger partial charge is 0.337 e. The molecule has 0 fully saturated rings. The van der Waals surface area contributed by atoms with Gasteiger partial charge in [-0.25, -0.2) is 9.78 Å². The van der Waals surface area contributed by atoms with Gasteiger partial charge in [0, 0.05) is 11.9 Å². The molecule has 1 aromatic heterocycles. The van der Waals surface area contributed by atoms with Gasteiger partial charge < -0.3 is 15.8 Å². The first-order valence-electron chi connectivity index (χ1n) is 5.92. The molecule has 0 spiro atoms. The van der Waals surface area contributed by atoms with E-state index in [0.29, 0.717) is 10.8 Å². The third kappa shape index (κ3) is 3.49. The van der Waals surface area contributed by atoms with Gasteiger partial charge in [-0.2, -0.15) is 0 Å².